The molecule has 10 heteroatoms. The molecule has 1 fully saturated rings. The van der Waals surface area contributed by atoms with Gasteiger partial charge in [0.15, 0.2) is 0 Å². The third-order valence-corrected chi connectivity index (χ3v) is 5.54. The molecule has 0 aromatic heterocycles. The maximum atomic E-state index is 13.0. The van der Waals surface area contributed by atoms with E-state index in [1.165, 1.54) is 12.5 Å². The number of carbonyl (C=O) groups excluding carboxylic acids is 3. The van der Waals surface area contributed by atoms with Gasteiger partial charge in [0.2, 0.25) is 5.91 Å². The molecule has 1 saturated heterocycles. The maximum Gasteiger partial charge on any atom is 0.308 e. The van der Waals surface area contributed by atoms with Gasteiger partial charge in [-0.3, -0.25) is 29.4 Å². The number of esters is 1. The first-order valence-electron chi connectivity index (χ1n) is 10.9. The molecule has 2 N–H and O–H groups in total. The number of nitrogens with one attached hydrogen (secondary N) is 2. The molecule has 2 amide bonds. The summed E-state index contributed by atoms with van der Waals surface area (Å²) in [6, 6.07) is 2.05. The molecule has 0 atom stereocenters. The Bertz CT molecular complexity index is 1010. The van der Waals surface area contributed by atoms with Crippen molar-refractivity contribution >= 4 is 29.2 Å². The fraction of sp³-hybridized carbons (Fsp3) is 0.435. The minimum absolute atomic E-state index is 0.103. The van der Waals surface area contributed by atoms with Gasteiger partial charge in [0, 0.05) is 51.7 Å². The fourth-order valence-electron chi connectivity index (χ4n) is 3.99. The molecular weight excluding hydrogens is 428 g/mol. The van der Waals surface area contributed by atoms with E-state index in [2.05, 4.69) is 33.8 Å². The highest BCUT2D eigenvalue weighted by Gasteiger charge is 2.27. The van der Waals surface area contributed by atoms with Crippen molar-refractivity contribution in [2.45, 2.75) is 45.6 Å². The Morgan fingerprint density at radius 3 is 2.48 bits per heavy atom. The molecule has 1 aliphatic heterocycles. The van der Waals surface area contributed by atoms with Crippen LogP contribution in [0.3, 0.4) is 0 Å². The van der Waals surface area contributed by atoms with Crippen LogP contribution in [-0.4, -0.2) is 53.3 Å². The van der Waals surface area contributed by atoms with Crippen molar-refractivity contribution in [2.24, 2.45) is 0 Å². The van der Waals surface area contributed by atoms with Gasteiger partial charge < -0.3 is 15.4 Å². The lowest BCUT2D eigenvalue weighted by molar-refractivity contribution is -0.384. The Labute approximate surface area is 191 Å². The number of nitro groups is 1. The number of nitro benzene ring substituents is 1. The average molecular weight is 456 g/mol. The Hall–Kier alpha value is -3.53. The number of piperidine rings is 1. The number of benzene rings is 1. The average Bonchev–Trinajstić information content (AvgIpc) is 2.75. The highest BCUT2D eigenvalue weighted by Crippen LogP contribution is 2.33. The van der Waals surface area contributed by atoms with Crippen molar-refractivity contribution in [3.63, 3.8) is 0 Å². The van der Waals surface area contributed by atoms with Gasteiger partial charge in [-0.2, -0.15) is 0 Å². The Balaban J connectivity index is 1.71. The number of carbonyl (C=O) groups is 3. The van der Waals surface area contributed by atoms with Gasteiger partial charge in [-0.25, -0.2) is 0 Å². The van der Waals surface area contributed by atoms with Gasteiger partial charge in [0.05, 0.1) is 10.5 Å². The van der Waals surface area contributed by atoms with Crippen LogP contribution in [0.25, 0.3) is 0 Å². The van der Waals surface area contributed by atoms with Crippen LogP contribution in [0.1, 0.15) is 49.9 Å². The predicted octanol–water partition coefficient (Wildman–Crippen LogP) is 2.95. The highest BCUT2D eigenvalue weighted by atomic mass is 16.6. The van der Waals surface area contributed by atoms with Gasteiger partial charge in [0.25, 0.3) is 11.6 Å². The summed E-state index contributed by atoms with van der Waals surface area (Å²) >= 11 is 0. The van der Waals surface area contributed by atoms with Crippen molar-refractivity contribution in [1.29, 1.82) is 0 Å². The molecule has 1 aliphatic carbocycles. The van der Waals surface area contributed by atoms with Gasteiger partial charge in [0.1, 0.15) is 11.4 Å². The van der Waals surface area contributed by atoms with Crippen molar-refractivity contribution in [3.05, 3.63) is 51.6 Å². The van der Waals surface area contributed by atoms with Crippen LogP contribution in [0.15, 0.2) is 35.9 Å². The molecule has 1 aromatic rings. The number of ether oxygens (including phenoxy) is 1. The maximum absolute atomic E-state index is 13.0. The first-order chi connectivity index (χ1) is 15.7. The van der Waals surface area contributed by atoms with E-state index < -0.39 is 28.4 Å². The van der Waals surface area contributed by atoms with Crippen molar-refractivity contribution in [3.8, 4) is 5.75 Å². The number of anilines is 1. The predicted molar refractivity (Wildman–Crippen MR) is 122 cm³/mol. The van der Waals surface area contributed by atoms with E-state index in [1.807, 2.05) is 0 Å². The Morgan fingerprint density at radius 1 is 1.18 bits per heavy atom. The van der Waals surface area contributed by atoms with E-state index in [0.717, 1.165) is 64.4 Å². The highest BCUT2D eigenvalue weighted by molar-refractivity contribution is 6.01. The summed E-state index contributed by atoms with van der Waals surface area (Å²) in [6.07, 6.45) is 10.0. The van der Waals surface area contributed by atoms with E-state index in [1.54, 1.807) is 0 Å². The number of rotatable bonds is 7. The van der Waals surface area contributed by atoms with Crippen molar-refractivity contribution in [2.75, 3.05) is 25.0 Å². The quantitative estimate of drug-likeness (QED) is 0.212. The van der Waals surface area contributed by atoms with Crippen LogP contribution in [-0.2, 0) is 9.59 Å². The number of hydrogen-bond donors (Lipinski definition) is 2. The standard InChI is InChI=1S/C23H28N4O6/c1-15(28)24-20-13-22(33-16(2)29)19(12-21(20)27(31)32)23(30)25-18-8-10-26(11-9-18)14-17-6-4-3-5-7-17/h3-4,7,12-13,18H,5-6,8-11,14H2,1-2H3,(H,24,28)(H,25,30). The molecule has 0 unspecified atom stereocenters. The minimum Gasteiger partial charge on any atom is -0.426 e. The summed E-state index contributed by atoms with van der Waals surface area (Å²) in [4.78, 5) is 49.1. The van der Waals surface area contributed by atoms with E-state index in [4.69, 9.17) is 4.74 Å². The van der Waals surface area contributed by atoms with E-state index in [0.29, 0.717) is 0 Å². The van der Waals surface area contributed by atoms with E-state index >= 15 is 0 Å². The summed E-state index contributed by atoms with van der Waals surface area (Å²) < 4.78 is 5.12. The lowest BCUT2D eigenvalue weighted by atomic mass is 10.0. The normalized spacial score (nSPS) is 16.6. The number of hydrogen-bond acceptors (Lipinski definition) is 7. The topological polar surface area (TPSA) is 131 Å². The molecule has 33 heavy (non-hydrogen) atoms. The second-order valence-corrected chi connectivity index (χ2v) is 8.19. The zero-order valence-corrected chi connectivity index (χ0v) is 18.8. The smallest absolute Gasteiger partial charge is 0.308 e. The lowest BCUT2D eigenvalue weighted by Crippen LogP contribution is -2.45. The molecule has 1 heterocycles. The van der Waals surface area contributed by atoms with Gasteiger partial charge in [-0.05, 0) is 25.7 Å². The first-order valence-corrected chi connectivity index (χ1v) is 10.9. The number of likely N-dealkylation sites (tertiary alicyclic amines) is 1. The molecule has 0 radical (unpaired) electrons. The first kappa shape index (κ1) is 24.1. The summed E-state index contributed by atoms with van der Waals surface area (Å²) in [5, 5.41) is 16.7. The molecular formula is C23H28N4O6. The zero-order chi connectivity index (χ0) is 24.0. The second kappa shape index (κ2) is 10.9. The number of nitrogens with zero attached hydrogens (tertiary/aromatic N) is 2. The number of allylic oxidation sites excluding steroid dienone is 3. The monoisotopic (exact) mass is 456 g/mol. The van der Waals surface area contributed by atoms with Crippen LogP contribution in [0, 0.1) is 10.1 Å². The molecule has 1 aromatic carbocycles. The van der Waals surface area contributed by atoms with Crippen LogP contribution in [0.5, 0.6) is 5.75 Å². The summed E-state index contributed by atoms with van der Waals surface area (Å²) in [6.45, 7) is 4.92. The van der Waals surface area contributed by atoms with Crippen LogP contribution in [0.2, 0.25) is 0 Å². The minimum atomic E-state index is -0.701. The summed E-state index contributed by atoms with van der Waals surface area (Å²) in [5.41, 5.74) is 0.654. The molecule has 0 saturated carbocycles. The van der Waals surface area contributed by atoms with Gasteiger partial charge in [-0.1, -0.05) is 23.8 Å². The molecule has 0 spiro atoms. The van der Waals surface area contributed by atoms with Crippen LogP contribution >= 0.6 is 0 Å². The molecule has 0 bridgehead atoms. The summed E-state index contributed by atoms with van der Waals surface area (Å²) in [5.74, 6) is -1.94. The molecule has 3 rings (SSSR count). The third-order valence-electron chi connectivity index (χ3n) is 5.54. The van der Waals surface area contributed by atoms with Crippen molar-refractivity contribution in [1.82, 2.24) is 10.2 Å². The molecule has 176 valence electrons. The molecule has 2 aliphatic rings. The third kappa shape index (κ3) is 6.72. The van der Waals surface area contributed by atoms with Crippen LogP contribution < -0.4 is 15.4 Å². The Morgan fingerprint density at radius 2 is 1.91 bits per heavy atom. The number of amides is 2. The van der Waals surface area contributed by atoms with E-state index in [-0.39, 0.29) is 23.0 Å². The van der Waals surface area contributed by atoms with Gasteiger partial charge >= 0.3 is 5.97 Å². The van der Waals surface area contributed by atoms with E-state index in [9.17, 15) is 24.5 Å². The zero-order valence-electron chi connectivity index (χ0n) is 18.8. The fourth-order valence-corrected chi connectivity index (χ4v) is 3.99. The SMILES string of the molecule is CC(=O)Nc1cc(OC(C)=O)c(C(=O)NC2CCN(CC3=CCC=CC3)CC2)cc1[N+](=O)[O-]. The van der Waals surface area contributed by atoms with Gasteiger partial charge in [-0.15, -0.1) is 0 Å². The second-order valence-electron chi connectivity index (χ2n) is 8.19. The van der Waals surface area contributed by atoms with Crippen LogP contribution in [0.4, 0.5) is 11.4 Å². The molecule has 10 nitrogen and oxygen atoms in total. The summed E-state index contributed by atoms with van der Waals surface area (Å²) in [7, 11) is 0. The largest absolute Gasteiger partial charge is 0.426 e. The lowest BCUT2D eigenvalue weighted by Gasteiger charge is -2.33. The Kier molecular flexibility index (Phi) is 7.94. The van der Waals surface area contributed by atoms with Crippen molar-refractivity contribution < 1.29 is 24.0 Å².